The number of rotatable bonds is 5. The van der Waals surface area contributed by atoms with Gasteiger partial charge < -0.3 is 15.0 Å². The van der Waals surface area contributed by atoms with E-state index in [0.717, 1.165) is 72.4 Å². The number of H-pyrrole nitrogens is 1. The molecule has 0 bridgehead atoms. The number of carbonyl (C=O) groups excluding carboxylic acids is 1. The first kappa shape index (κ1) is 18.6. The van der Waals surface area contributed by atoms with Crippen LogP contribution in [-0.2, 0) is 16.1 Å². The van der Waals surface area contributed by atoms with E-state index in [1.165, 1.54) is 0 Å². The minimum Gasteiger partial charge on any atom is -0.379 e. The van der Waals surface area contributed by atoms with E-state index >= 15 is 0 Å². The topological polar surface area (TPSA) is 70.2 Å². The van der Waals surface area contributed by atoms with Crippen LogP contribution in [0.25, 0.3) is 11.0 Å². The molecule has 0 radical (unpaired) electrons. The number of nitrogens with one attached hydrogen (secondary N) is 2. The van der Waals surface area contributed by atoms with Crippen molar-refractivity contribution >= 4 is 34.2 Å². The number of aromatic amines is 1. The second-order valence-corrected chi connectivity index (χ2v) is 8.17. The minimum absolute atomic E-state index is 0.0238. The van der Waals surface area contributed by atoms with E-state index in [1.807, 2.05) is 42.5 Å². The fraction of sp³-hybridized carbons (Fsp3) is 0.364. The highest BCUT2D eigenvalue weighted by Crippen LogP contribution is 2.50. The zero-order chi connectivity index (χ0) is 19.8. The Labute approximate surface area is 174 Å². The second kappa shape index (κ2) is 7.78. The summed E-state index contributed by atoms with van der Waals surface area (Å²) in [6, 6.07) is 13.6. The number of nitrogens with zero attached hydrogens (tertiary/aromatic N) is 2. The molecule has 6 nitrogen and oxygen atoms in total. The third-order valence-electron chi connectivity index (χ3n) is 5.71. The van der Waals surface area contributed by atoms with Gasteiger partial charge in [-0.2, -0.15) is 0 Å². The van der Waals surface area contributed by atoms with Crippen molar-refractivity contribution < 1.29 is 9.53 Å². The predicted molar refractivity (Wildman–Crippen MR) is 113 cm³/mol. The Bertz CT molecular complexity index is 1040. The van der Waals surface area contributed by atoms with Crippen LogP contribution in [-0.4, -0.2) is 47.1 Å². The molecular weight excluding hydrogens is 388 g/mol. The quantitative estimate of drug-likeness (QED) is 0.671. The molecule has 2 unspecified atom stereocenters. The minimum atomic E-state index is -0.0238. The first-order valence-electron chi connectivity index (χ1n) is 10.0. The van der Waals surface area contributed by atoms with Crippen molar-refractivity contribution in [2.45, 2.75) is 18.9 Å². The van der Waals surface area contributed by atoms with Gasteiger partial charge in [0.2, 0.25) is 5.91 Å². The summed E-state index contributed by atoms with van der Waals surface area (Å²) in [6.45, 7) is 4.17. The third kappa shape index (κ3) is 4.01. The summed E-state index contributed by atoms with van der Waals surface area (Å²) in [4.78, 5) is 23.1. The first-order chi connectivity index (χ1) is 14.2. The number of ether oxygens (including phenoxy) is 1. The average Bonchev–Trinajstić information content (AvgIpc) is 3.42. The summed E-state index contributed by atoms with van der Waals surface area (Å²) in [6.07, 6.45) is 0.839. The molecule has 1 saturated carbocycles. The van der Waals surface area contributed by atoms with E-state index < -0.39 is 0 Å². The normalized spacial score (nSPS) is 22.0. The molecule has 1 aliphatic heterocycles. The lowest BCUT2D eigenvalue weighted by Crippen LogP contribution is -2.35. The molecule has 7 heteroatoms. The number of amides is 1. The molecule has 2 atom stereocenters. The lowest BCUT2D eigenvalue weighted by atomic mass is 10.1. The van der Waals surface area contributed by atoms with Crippen molar-refractivity contribution in [3.63, 3.8) is 0 Å². The average molecular weight is 411 g/mol. The van der Waals surface area contributed by atoms with Crippen LogP contribution in [0.2, 0.25) is 5.02 Å². The maximum atomic E-state index is 12.7. The van der Waals surface area contributed by atoms with Gasteiger partial charge in [-0.05, 0) is 42.2 Å². The largest absolute Gasteiger partial charge is 0.379 e. The maximum Gasteiger partial charge on any atom is 0.228 e. The van der Waals surface area contributed by atoms with Crippen LogP contribution in [0.5, 0.6) is 0 Å². The Morgan fingerprint density at radius 3 is 2.90 bits per heavy atom. The predicted octanol–water partition coefficient (Wildman–Crippen LogP) is 3.79. The molecule has 29 heavy (non-hydrogen) atoms. The van der Waals surface area contributed by atoms with E-state index in [9.17, 15) is 4.79 Å². The van der Waals surface area contributed by atoms with Gasteiger partial charge in [-0.1, -0.05) is 29.8 Å². The van der Waals surface area contributed by atoms with Crippen LogP contribution in [0.4, 0.5) is 5.69 Å². The molecule has 2 fully saturated rings. The number of imidazole rings is 1. The monoisotopic (exact) mass is 410 g/mol. The van der Waals surface area contributed by atoms with Crippen molar-refractivity contribution in [1.82, 2.24) is 14.9 Å². The standard InChI is InChI=1S/C22H23ClN4O2/c23-18-4-2-1-3-15(18)16-12-17(16)22(28)24-14-5-6-19-20(11-14)26-21(25-19)13-27-7-9-29-10-8-27/h1-6,11,16-17H,7-10,12-13H2,(H,24,28)(H,25,26). The summed E-state index contributed by atoms with van der Waals surface area (Å²) in [7, 11) is 0. The molecule has 3 aromatic rings. The van der Waals surface area contributed by atoms with E-state index in [0.29, 0.717) is 0 Å². The van der Waals surface area contributed by atoms with Crippen LogP contribution >= 0.6 is 11.6 Å². The Morgan fingerprint density at radius 1 is 1.24 bits per heavy atom. The Balaban J connectivity index is 1.25. The molecule has 5 rings (SSSR count). The summed E-state index contributed by atoms with van der Waals surface area (Å²) in [5, 5.41) is 3.78. The van der Waals surface area contributed by atoms with Gasteiger partial charge in [0.05, 0.1) is 30.8 Å². The van der Waals surface area contributed by atoms with E-state index in [-0.39, 0.29) is 17.7 Å². The van der Waals surface area contributed by atoms with Crippen LogP contribution in [0.1, 0.15) is 23.7 Å². The van der Waals surface area contributed by atoms with Gasteiger partial charge in [0, 0.05) is 29.7 Å². The van der Waals surface area contributed by atoms with Gasteiger partial charge in [0.15, 0.2) is 0 Å². The van der Waals surface area contributed by atoms with Crippen molar-refractivity contribution in [2.75, 3.05) is 31.6 Å². The molecule has 2 aromatic carbocycles. The maximum absolute atomic E-state index is 12.7. The molecule has 0 spiro atoms. The number of hydrogen-bond donors (Lipinski definition) is 2. The molecule has 150 valence electrons. The van der Waals surface area contributed by atoms with Crippen LogP contribution in [0.15, 0.2) is 42.5 Å². The van der Waals surface area contributed by atoms with Crippen molar-refractivity contribution in [3.8, 4) is 0 Å². The van der Waals surface area contributed by atoms with Gasteiger partial charge in [-0.15, -0.1) is 0 Å². The fourth-order valence-electron chi connectivity index (χ4n) is 4.03. The second-order valence-electron chi connectivity index (χ2n) is 7.76. The van der Waals surface area contributed by atoms with E-state index in [4.69, 9.17) is 16.3 Å². The zero-order valence-corrected chi connectivity index (χ0v) is 16.8. The molecule has 1 saturated heterocycles. The molecule has 2 aliphatic rings. The van der Waals surface area contributed by atoms with Crippen molar-refractivity contribution in [2.24, 2.45) is 5.92 Å². The first-order valence-corrected chi connectivity index (χ1v) is 10.4. The SMILES string of the molecule is O=C(Nc1ccc2nc(CN3CCOCC3)[nH]c2c1)C1CC1c1ccccc1Cl. The van der Waals surface area contributed by atoms with Crippen LogP contribution in [0.3, 0.4) is 0 Å². The number of benzene rings is 2. The molecule has 1 aliphatic carbocycles. The van der Waals surface area contributed by atoms with Gasteiger partial charge in [-0.25, -0.2) is 4.98 Å². The number of anilines is 1. The van der Waals surface area contributed by atoms with E-state index in [1.54, 1.807) is 0 Å². The van der Waals surface area contributed by atoms with Gasteiger partial charge >= 0.3 is 0 Å². The smallest absolute Gasteiger partial charge is 0.228 e. The Kier molecular flexibility index (Phi) is 4.99. The summed E-state index contributed by atoms with van der Waals surface area (Å²) < 4.78 is 5.40. The number of morpholine rings is 1. The lowest BCUT2D eigenvalue weighted by molar-refractivity contribution is -0.117. The zero-order valence-electron chi connectivity index (χ0n) is 16.0. The number of carbonyl (C=O) groups is 1. The third-order valence-corrected chi connectivity index (χ3v) is 6.05. The van der Waals surface area contributed by atoms with Gasteiger partial charge in [0.1, 0.15) is 5.82 Å². The van der Waals surface area contributed by atoms with Crippen molar-refractivity contribution in [3.05, 3.63) is 58.9 Å². The number of hydrogen-bond acceptors (Lipinski definition) is 4. The summed E-state index contributed by atoms with van der Waals surface area (Å²) >= 11 is 6.27. The van der Waals surface area contributed by atoms with Crippen LogP contribution < -0.4 is 5.32 Å². The number of halogens is 1. The molecule has 1 amide bonds. The molecule has 2 heterocycles. The lowest BCUT2D eigenvalue weighted by Gasteiger charge is -2.25. The fourth-order valence-corrected chi connectivity index (χ4v) is 4.30. The van der Waals surface area contributed by atoms with Crippen LogP contribution in [0, 0.1) is 5.92 Å². The number of fused-ring (bicyclic) bond motifs is 1. The van der Waals surface area contributed by atoms with Gasteiger partial charge in [0.25, 0.3) is 0 Å². The number of aromatic nitrogens is 2. The molecule has 1 aromatic heterocycles. The highest BCUT2D eigenvalue weighted by atomic mass is 35.5. The molecule has 2 N–H and O–H groups in total. The highest BCUT2D eigenvalue weighted by molar-refractivity contribution is 6.31. The van der Waals surface area contributed by atoms with E-state index in [2.05, 4.69) is 20.2 Å². The van der Waals surface area contributed by atoms with Gasteiger partial charge in [-0.3, -0.25) is 9.69 Å². The summed E-state index contributed by atoms with van der Waals surface area (Å²) in [5.74, 6) is 1.16. The highest BCUT2D eigenvalue weighted by Gasteiger charge is 2.44. The molecular formula is C22H23ClN4O2. The Morgan fingerprint density at radius 2 is 2.07 bits per heavy atom. The Hall–Kier alpha value is -2.41. The summed E-state index contributed by atoms with van der Waals surface area (Å²) in [5.41, 5.74) is 3.69. The van der Waals surface area contributed by atoms with Crippen molar-refractivity contribution in [1.29, 1.82) is 0 Å².